The predicted molar refractivity (Wildman–Crippen MR) is 126 cm³/mol. The summed E-state index contributed by atoms with van der Waals surface area (Å²) >= 11 is 0. The minimum atomic E-state index is -0.0116. The first-order valence-electron chi connectivity index (χ1n) is 10.8. The molecular formula is C25H29N5O. The lowest BCUT2D eigenvalue weighted by molar-refractivity contribution is -0.115. The van der Waals surface area contributed by atoms with Crippen molar-refractivity contribution >= 4 is 23.2 Å². The summed E-state index contributed by atoms with van der Waals surface area (Å²) in [4.78, 5) is 17.7. The fourth-order valence-electron chi connectivity index (χ4n) is 4.25. The van der Waals surface area contributed by atoms with E-state index < -0.39 is 0 Å². The Morgan fingerprint density at radius 1 is 1.16 bits per heavy atom. The van der Waals surface area contributed by atoms with Crippen molar-refractivity contribution in [2.45, 2.75) is 25.2 Å². The molecule has 0 radical (unpaired) electrons. The van der Waals surface area contributed by atoms with E-state index in [0.29, 0.717) is 18.2 Å². The highest BCUT2D eigenvalue weighted by atomic mass is 16.1. The maximum Gasteiger partial charge on any atom is 0.228 e. The van der Waals surface area contributed by atoms with Crippen molar-refractivity contribution in [1.29, 1.82) is 5.41 Å². The maximum absolute atomic E-state index is 12.4. The first-order chi connectivity index (χ1) is 15.1. The van der Waals surface area contributed by atoms with Crippen molar-refractivity contribution < 1.29 is 4.79 Å². The highest BCUT2D eigenvalue weighted by Crippen LogP contribution is 2.30. The maximum atomic E-state index is 12.4. The number of hydrogen-bond donors (Lipinski definition) is 4. The Hall–Kier alpha value is -3.54. The van der Waals surface area contributed by atoms with Crippen molar-refractivity contribution in [1.82, 2.24) is 9.88 Å². The topological polar surface area (TPSA) is 84.0 Å². The zero-order valence-electron chi connectivity index (χ0n) is 17.8. The molecule has 0 aliphatic carbocycles. The number of carbonyl (C=O) groups excluding carboxylic acids is 1. The van der Waals surface area contributed by atoms with Gasteiger partial charge in [0.25, 0.3) is 0 Å². The Kier molecular flexibility index (Phi) is 6.36. The van der Waals surface area contributed by atoms with Gasteiger partial charge in [0.15, 0.2) is 0 Å². The number of amidine groups is 1. The Labute approximate surface area is 183 Å². The lowest BCUT2D eigenvalue weighted by atomic mass is 9.90. The molecule has 0 saturated carbocycles. The Bertz CT molecular complexity index is 1040. The van der Waals surface area contributed by atoms with Crippen LogP contribution in [0.3, 0.4) is 0 Å². The summed E-state index contributed by atoms with van der Waals surface area (Å²) < 4.78 is 0. The predicted octanol–water partition coefficient (Wildman–Crippen LogP) is 4.44. The van der Waals surface area contributed by atoms with E-state index in [9.17, 15) is 4.79 Å². The van der Waals surface area contributed by atoms with E-state index in [1.54, 1.807) is 0 Å². The zero-order valence-corrected chi connectivity index (χ0v) is 17.8. The normalized spacial score (nSPS) is 16.0. The van der Waals surface area contributed by atoms with E-state index in [2.05, 4.69) is 32.7 Å². The highest BCUT2D eigenvalue weighted by Gasteiger charge is 2.25. The number of anilines is 2. The molecule has 1 amide bonds. The zero-order chi connectivity index (χ0) is 21.6. The molecule has 1 fully saturated rings. The molecule has 1 aliphatic heterocycles. The minimum absolute atomic E-state index is 0.0116. The van der Waals surface area contributed by atoms with Crippen LogP contribution in [-0.2, 0) is 11.2 Å². The van der Waals surface area contributed by atoms with Gasteiger partial charge in [0.1, 0.15) is 11.7 Å². The van der Waals surface area contributed by atoms with E-state index in [-0.39, 0.29) is 5.91 Å². The second kappa shape index (κ2) is 9.51. The molecule has 1 aromatic heterocycles. The summed E-state index contributed by atoms with van der Waals surface area (Å²) in [6.07, 6.45) is 4.34. The SMILES string of the molecule is CNc1[nH]ccc1C(=N)N1CCCC(c2cccc(NC(=O)Cc3ccccc3)c2)C1. The van der Waals surface area contributed by atoms with Crippen molar-refractivity contribution in [3.63, 3.8) is 0 Å². The Balaban J connectivity index is 1.42. The molecule has 1 atom stereocenters. The van der Waals surface area contributed by atoms with Crippen molar-refractivity contribution in [3.8, 4) is 0 Å². The molecule has 2 heterocycles. The summed E-state index contributed by atoms with van der Waals surface area (Å²) in [7, 11) is 1.86. The van der Waals surface area contributed by atoms with Crippen LogP contribution in [0.5, 0.6) is 0 Å². The molecule has 0 spiro atoms. The number of amides is 1. The first-order valence-corrected chi connectivity index (χ1v) is 10.8. The van der Waals surface area contributed by atoms with Crippen LogP contribution in [0.1, 0.15) is 35.4 Å². The van der Waals surface area contributed by atoms with Gasteiger partial charge in [0.2, 0.25) is 5.91 Å². The Morgan fingerprint density at radius 3 is 2.81 bits per heavy atom. The van der Waals surface area contributed by atoms with E-state index in [1.807, 2.05) is 61.8 Å². The monoisotopic (exact) mass is 415 g/mol. The average Bonchev–Trinajstić information content (AvgIpc) is 3.28. The number of piperidine rings is 1. The number of nitrogens with zero attached hydrogens (tertiary/aromatic N) is 1. The van der Waals surface area contributed by atoms with Gasteiger partial charge >= 0.3 is 0 Å². The van der Waals surface area contributed by atoms with E-state index in [4.69, 9.17) is 5.41 Å². The first kappa shape index (κ1) is 20.7. The third-order valence-electron chi connectivity index (χ3n) is 5.84. The fourth-order valence-corrected chi connectivity index (χ4v) is 4.25. The van der Waals surface area contributed by atoms with Gasteiger partial charge in [-0.15, -0.1) is 0 Å². The van der Waals surface area contributed by atoms with Gasteiger partial charge in [-0.3, -0.25) is 10.2 Å². The summed E-state index contributed by atoms with van der Waals surface area (Å²) in [5.74, 6) is 1.73. The number of rotatable bonds is 6. The third-order valence-corrected chi connectivity index (χ3v) is 5.84. The molecule has 3 aromatic rings. The molecule has 6 heteroatoms. The minimum Gasteiger partial charge on any atom is -0.374 e. The van der Waals surface area contributed by atoms with E-state index in [1.165, 1.54) is 5.56 Å². The van der Waals surface area contributed by atoms with Crippen LogP contribution in [0.4, 0.5) is 11.5 Å². The molecule has 0 bridgehead atoms. The van der Waals surface area contributed by atoms with Crippen LogP contribution in [0.15, 0.2) is 66.9 Å². The molecule has 1 unspecified atom stereocenters. The largest absolute Gasteiger partial charge is 0.374 e. The van der Waals surface area contributed by atoms with Crippen LogP contribution in [0.25, 0.3) is 0 Å². The average molecular weight is 416 g/mol. The van der Waals surface area contributed by atoms with Gasteiger partial charge in [-0.2, -0.15) is 0 Å². The number of benzene rings is 2. The van der Waals surface area contributed by atoms with E-state index >= 15 is 0 Å². The van der Waals surface area contributed by atoms with E-state index in [0.717, 1.165) is 48.6 Å². The van der Waals surface area contributed by atoms with Gasteiger partial charge in [-0.25, -0.2) is 0 Å². The van der Waals surface area contributed by atoms with Crippen LogP contribution in [0.2, 0.25) is 0 Å². The number of hydrogen-bond acceptors (Lipinski definition) is 3. The third kappa shape index (κ3) is 4.97. The molecule has 4 rings (SSSR count). The molecule has 160 valence electrons. The number of H-pyrrole nitrogens is 1. The lowest BCUT2D eigenvalue weighted by Gasteiger charge is -2.35. The van der Waals surface area contributed by atoms with Gasteiger partial charge in [-0.1, -0.05) is 42.5 Å². The van der Waals surface area contributed by atoms with Crippen molar-refractivity contribution in [2.24, 2.45) is 0 Å². The summed E-state index contributed by atoms with van der Waals surface area (Å²) in [6.45, 7) is 1.69. The summed E-state index contributed by atoms with van der Waals surface area (Å²) in [5.41, 5.74) is 3.93. The lowest BCUT2D eigenvalue weighted by Crippen LogP contribution is -2.39. The molecule has 2 aromatic carbocycles. The summed E-state index contributed by atoms with van der Waals surface area (Å²) in [6, 6.07) is 19.9. The molecule has 6 nitrogen and oxygen atoms in total. The van der Waals surface area contributed by atoms with Crippen LogP contribution in [0, 0.1) is 5.41 Å². The molecule has 31 heavy (non-hydrogen) atoms. The smallest absolute Gasteiger partial charge is 0.228 e. The molecule has 1 saturated heterocycles. The van der Waals surface area contributed by atoms with Gasteiger partial charge in [0, 0.05) is 37.9 Å². The number of nitrogens with one attached hydrogen (secondary N) is 4. The van der Waals surface area contributed by atoms with Gasteiger partial charge in [0.05, 0.1) is 12.0 Å². The number of likely N-dealkylation sites (tertiary alicyclic amines) is 1. The van der Waals surface area contributed by atoms with Crippen LogP contribution < -0.4 is 10.6 Å². The quantitative estimate of drug-likeness (QED) is 0.355. The van der Waals surface area contributed by atoms with Gasteiger partial charge < -0.3 is 20.5 Å². The highest BCUT2D eigenvalue weighted by molar-refractivity contribution is 6.01. The summed E-state index contributed by atoms with van der Waals surface area (Å²) in [5, 5.41) is 14.8. The van der Waals surface area contributed by atoms with Crippen molar-refractivity contribution in [2.75, 3.05) is 30.8 Å². The molecular weight excluding hydrogens is 386 g/mol. The molecule has 1 aliphatic rings. The number of aromatic amines is 1. The molecule has 4 N–H and O–H groups in total. The van der Waals surface area contributed by atoms with Crippen molar-refractivity contribution in [3.05, 3.63) is 83.6 Å². The second-order valence-electron chi connectivity index (χ2n) is 7.99. The van der Waals surface area contributed by atoms with Crippen LogP contribution in [-0.4, -0.2) is 41.8 Å². The standard InChI is InChI=1S/C25H29N5O/c1-27-25-22(12-13-28-25)24(26)30-14-6-10-20(17-30)19-9-5-11-21(16-19)29-23(31)15-18-7-3-2-4-8-18/h2-5,7-9,11-13,16,20,26-28H,6,10,14-15,17H2,1H3,(H,29,31). The second-order valence-corrected chi connectivity index (χ2v) is 7.99. The van der Waals surface area contributed by atoms with Gasteiger partial charge in [-0.05, 0) is 42.2 Å². The fraction of sp³-hybridized carbons (Fsp3) is 0.280. The van der Waals surface area contributed by atoms with Crippen LogP contribution >= 0.6 is 0 Å². The number of carbonyl (C=O) groups is 1. The number of aromatic nitrogens is 1. The Morgan fingerprint density at radius 2 is 2.00 bits per heavy atom.